The maximum atomic E-state index is 5.43. The third-order valence-electron chi connectivity index (χ3n) is 4.61. The third kappa shape index (κ3) is 5.09. The van der Waals surface area contributed by atoms with Crippen LogP contribution in [0.25, 0.3) is 0 Å². The molecule has 1 saturated heterocycles. The molecule has 0 saturated carbocycles. The number of nitrogens with zero attached hydrogens (tertiary/aromatic N) is 5. The number of rotatable bonds is 6. The summed E-state index contributed by atoms with van der Waals surface area (Å²) in [6.45, 7) is 11.3. The van der Waals surface area contributed by atoms with Gasteiger partial charge in [0.2, 0.25) is 5.89 Å². The van der Waals surface area contributed by atoms with E-state index in [0.717, 1.165) is 44.4 Å². The van der Waals surface area contributed by atoms with E-state index >= 15 is 0 Å². The highest BCUT2D eigenvalue weighted by Crippen LogP contribution is 2.22. The van der Waals surface area contributed by atoms with Crippen molar-refractivity contribution >= 4 is 0 Å². The van der Waals surface area contributed by atoms with Gasteiger partial charge >= 0.3 is 0 Å². The zero-order valence-electron chi connectivity index (χ0n) is 15.8. The first-order valence-corrected chi connectivity index (χ1v) is 9.03. The van der Waals surface area contributed by atoms with E-state index in [1.54, 1.807) is 0 Å². The van der Waals surface area contributed by atoms with Crippen molar-refractivity contribution in [1.29, 1.82) is 0 Å². The molecule has 25 heavy (non-hydrogen) atoms. The van der Waals surface area contributed by atoms with E-state index in [0.29, 0.717) is 5.92 Å². The van der Waals surface area contributed by atoms with Gasteiger partial charge in [-0.2, -0.15) is 4.98 Å². The molecule has 1 fully saturated rings. The van der Waals surface area contributed by atoms with E-state index in [1.807, 2.05) is 18.5 Å². The second-order valence-electron chi connectivity index (χ2n) is 8.21. The highest BCUT2D eigenvalue weighted by molar-refractivity contribution is 5.08. The summed E-state index contributed by atoms with van der Waals surface area (Å²) in [6.07, 6.45) is 4.98. The Hall–Kier alpha value is -1.79. The second-order valence-corrected chi connectivity index (χ2v) is 8.21. The van der Waals surface area contributed by atoms with Crippen molar-refractivity contribution in [2.24, 2.45) is 5.92 Å². The van der Waals surface area contributed by atoms with Gasteiger partial charge < -0.3 is 9.42 Å². The van der Waals surface area contributed by atoms with Crippen LogP contribution in [0.5, 0.6) is 0 Å². The van der Waals surface area contributed by atoms with Crippen molar-refractivity contribution in [3.05, 3.63) is 41.8 Å². The first-order chi connectivity index (χ1) is 11.9. The normalized spacial score (nSPS) is 19.0. The SMILES string of the molecule is CN(Cc1cccnc1)C[C@@H]1CCN(Cc2nc(C(C)(C)C)no2)C1. The van der Waals surface area contributed by atoms with Crippen LogP contribution >= 0.6 is 0 Å². The van der Waals surface area contributed by atoms with Crippen LogP contribution in [0.1, 0.15) is 44.5 Å². The van der Waals surface area contributed by atoms with Gasteiger partial charge in [0.25, 0.3) is 0 Å². The van der Waals surface area contributed by atoms with Crippen molar-refractivity contribution < 1.29 is 4.52 Å². The molecule has 1 atom stereocenters. The molecule has 1 aliphatic rings. The minimum absolute atomic E-state index is 0.0652. The second kappa shape index (κ2) is 7.62. The number of hydrogen-bond donors (Lipinski definition) is 0. The minimum atomic E-state index is -0.0652. The van der Waals surface area contributed by atoms with Gasteiger partial charge in [-0.1, -0.05) is 32.0 Å². The van der Waals surface area contributed by atoms with Gasteiger partial charge in [-0.25, -0.2) is 0 Å². The molecule has 3 heterocycles. The number of pyridine rings is 1. The molecular formula is C19H29N5O. The summed E-state index contributed by atoms with van der Waals surface area (Å²) >= 11 is 0. The molecule has 0 N–H and O–H groups in total. The quantitative estimate of drug-likeness (QED) is 0.804. The molecule has 1 aliphatic heterocycles. The van der Waals surface area contributed by atoms with E-state index in [2.05, 4.69) is 58.8 Å². The zero-order valence-corrected chi connectivity index (χ0v) is 15.8. The summed E-state index contributed by atoms with van der Waals surface area (Å²) in [5, 5.41) is 4.12. The van der Waals surface area contributed by atoms with Gasteiger partial charge in [0, 0.05) is 37.4 Å². The molecule has 2 aromatic heterocycles. The molecule has 0 aromatic carbocycles. The fraction of sp³-hybridized carbons (Fsp3) is 0.632. The Balaban J connectivity index is 1.46. The van der Waals surface area contributed by atoms with Gasteiger partial charge in [0.1, 0.15) is 0 Å². The lowest BCUT2D eigenvalue weighted by atomic mass is 9.96. The van der Waals surface area contributed by atoms with Gasteiger partial charge in [-0.05, 0) is 37.6 Å². The Morgan fingerprint density at radius 3 is 2.88 bits per heavy atom. The highest BCUT2D eigenvalue weighted by atomic mass is 16.5. The zero-order chi connectivity index (χ0) is 17.9. The molecule has 6 heteroatoms. The molecule has 136 valence electrons. The van der Waals surface area contributed by atoms with Crippen LogP contribution in [-0.4, -0.2) is 51.6 Å². The Labute approximate surface area is 150 Å². The van der Waals surface area contributed by atoms with Gasteiger partial charge in [0.15, 0.2) is 5.82 Å². The van der Waals surface area contributed by atoms with E-state index in [9.17, 15) is 0 Å². The molecule has 2 aromatic rings. The Kier molecular flexibility index (Phi) is 5.49. The predicted octanol–water partition coefficient (Wildman–Crippen LogP) is 2.72. The van der Waals surface area contributed by atoms with Crippen molar-refractivity contribution in [2.45, 2.75) is 45.7 Å². The van der Waals surface area contributed by atoms with Gasteiger partial charge in [-0.15, -0.1) is 0 Å². The lowest BCUT2D eigenvalue weighted by Crippen LogP contribution is -2.28. The molecule has 0 radical (unpaired) electrons. The summed E-state index contributed by atoms with van der Waals surface area (Å²) in [6, 6.07) is 4.13. The van der Waals surface area contributed by atoms with E-state index in [1.165, 1.54) is 12.0 Å². The molecule has 0 aliphatic carbocycles. The van der Waals surface area contributed by atoms with Crippen LogP contribution in [0.2, 0.25) is 0 Å². The standard InChI is InChI=1S/C19H29N5O/c1-19(2,3)18-21-17(25-22-18)14-24-9-7-16(13-24)12-23(4)11-15-6-5-8-20-10-15/h5-6,8,10,16H,7,9,11-14H2,1-4H3/t16-/m0/s1. The highest BCUT2D eigenvalue weighted by Gasteiger charge is 2.26. The molecule has 0 spiro atoms. The van der Waals surface area contributed by atoms with Crippen molar-refractivity contribution in [3.8, 4) is 0 Å². The summed E-state index contributed by atoms with van der Waals surface area (Å²) in [4.78, 5) is 13.5. The molecule has 0 amide bonds. The molecule has 6 nitrogen and oxygen atoms in total. The van der Waals surface area contributed by atoms with Crippen molar-refractivity contribution in [2.75, 3.05) is 26.7 Å². The summed E-state index contributed by atoms with van der Waals surface area (Å²) in [5.74, 6) is 2.20. The molecule has 3 rings (SSSR count). The molecule has 0 unspecified atom stereocenters. The lowest BCUT2D eigenvalue weighted by molar-refractivity contribution is 0.236. The smallest absolute Gasteiger partial charge is 0.240 e. The third-order valence-corrected chi connectivity index (χ3v) is 4.61. The topological polar surface area (TPSA) is 58.3 Å². The largest absolute Gasteiger partial charge is 0.338 e. The molecule has 0 bridgehead atoms. The van der Waals surface area contributed by atoms with Crippen molar-refractivity contribution in [1.82, 2.24) is 24.9 Å². The van der Waals surface area contributed by atoms with Gasteiger partial charge in [0.05, 0.1) is 6.54 Å². The fourth-order valence-corrected chi connectivity index (χ4v) is 3.33. The average Bonchev–Trinajstić information content (AvgIpc) is 3.18. The van der Waals surface area contributed by atoms with E-state index in [4.69, 9.17) is 4.52 Å². The van der Waals surface area contributed by atoms with Crippen LogP contribution in [0.4, 0.5) is 0 Å². The number of hydrogen-bond acceptors (Lipinski definition) is 6. The first kappa shape index (κ1) is 18.0. The Morgan fingerprint density at radius 2 is 2.20 bits per heavy atom. The van der Waals surface area contributed by atoms with Crippen LogP contribution < -0.4 is 0 Å². The Bertz CT molecular complexity index is 664. The first-order valence-electron chi connectivity index (χ1n) is 9.03. The maximum absolute atomic E-state index is 5.43. The van der Waals surface area contributed by atoms with Crippen LogP contribution in [0, 0.1) is 5.92 Å². The van der Waals surface area contributed by atoms with Crippen LogP contribution in [0.15, 0.2) is 29.0 Å². The van der Waals surface area contributed by atoms with Crippen LogP contribution in [0.3, 0.4) is 0 Å². The predicted molar refractivity (Wildman–Crippen MR) is 97.0 cm³/mol. The lowest BCUT2D eigenvalue weighted by Gasteiger charge is -2.21. The summed E-state index contributed by atoms with van der Waals surface area (Å²) in [5.41, 5.74) is 1.20. The fourth-order valence-electron chi connectivity index (χ4n) is 3.33. The van der Waals surface area contributed by atoms with Crippen LogP contribution in [-0.2, 0) is 18.5 Å². The van der Waals surface area contributed by atoms with E-state index in [-0.39, 0.29) is 5.41 Å². The summed E-state index contributed by atoms with van der Waals surface area (Å²) in [7, 11) is 2.18. The Morgan fingerprint density at radius 1 is 1.36 bits per heavy atom. The maximum Gasteiger partial charge on any atom is 0.240 e. The van der Waals surface area contributed by atoms with E-state index < -0.39 is 0 Å². The number of likely N-dealkylation sites (tertiary alicyclic amines) is 1. The average molecular weight is 343 g/mol. The number of aromatic nitrogens is 3. The summed E-state index contributed by atoms with van der Waals surface area (Å²) < 4.78 is 5.43. The monoisotopic (exact) mass is 343 g/mol. The van der Waals surface area contributed by atoms with Gasteiger partial charge in [-0.3, -0.25) is 9.88 Å². The van der Waals surface area contributed by atoms with Crippen molar-refractivity contribution in [3.63, 3.8) is 0 Å². The molecular weight excluding hydrogens is 314 g/mol. The minimum Gasteiger partial charge on any atom is -0.338 e.